The zero-order valence-electron chi connectivity index (χ0n) is 15.3. The lowest BCUT2D eigenvalue weighted by atomic mass is 9.89. The molecule has 4 unspecified atom stereocenters. The van der Waals surface area contributed by atoms with Crippen LogP contribution in [0.25, 0.3) is 0 Å². The van der Waals surface area contributed by atoms with E-state index in [1.807, 2.05) is 35.2 Å². The average Bonchev–Trinajstić information content (AvgIpc) is 3.28. The summed E-state index contributed by atoms with van der Waals surface area (Å²) in [6, 6.07) is 9.81. The van der Waals surface area contributed by atoms with Crippen molar-refractivity contribution in [1.29, 1.82) is 0 Å². The Labute approximate surface area is 166 Å². The molecular weight excluding hydrogens is 366 g/mol. The fourth-order valence-electron chi connectivity index (χ4n) is 4.27. The van der Waals surface area contributed by atoms with Gasteiger partial charge in [-0.3, -0.25) is 15.0 Å². The molecule has 3 saturated heterocycles. The van der Waals surface area contributed by atoms with E-state index in [-0.39, 0.29) is 42.2 Å². The third-order valence-corrected chi connectivity index (χ3v) is 5.76. The number of hydrogen-bond donors (Lipinski definition) is 4. The molecule has 3 heterocycles. The molecule has 3 aliphatic heterocycles. The summed E-state index contributed by atoms with van der Waals surface area (Å²) in [5.41, 5.74) is 7.47. The second kappa shape index (κ2) is 9.01. The Morgan fingerprint density at radius 3 is 2.81 bits per heavy atom. The first-order chi connectivity index (χ1) is 12.7. The van der Waals surface area contributed by atoms with Gasteiger partial charge in [-0.1, -0.05) is 30.3 Å². The number of fused-ring (bicyclic) bond motifs is 1. The van der Waals surface area contributed by atoms with Crippen molar-refractivity contribution in [3.63, 3.8) is 0 Å². The number of nitrogens with one attached hydrogen (secondary N) is 4. The van der Waals surface area contributed by atoms with Crippen LogP contribution in [-0.4, -0.2) is 55.0 Å². The van der Waals surface area contributed by atoms with Gasteiger partial charge in [0.25, 0.3) is 0 Å². The fourth-order valence-corrected chi connectivity index (χ4v) is 4.27. The molecule has 2 amide bonds. The van der Waals surface area contributed by atoms with Gasteiger partial charge in [0.05, 0.1) is 6.04 Å². The van der Waals surface area contributed by atoms with Gasteiger partial charge in [0, 0.05) is 38.0 Å². The summed E-state index contributed by atoms with van der Waals surface area (Å²) in [5.74, 6) is 0.417. The van der Waals surface area contributed by atoms with E-state index in [0.717, 1.165) is 38.0 Å². The van der Waals surface area contributed by atoms with Crippen LogP contribution in [0.5, 0.6) is 0 Å². The van der Waals surface area contributed by atoms with Gasteiger partial charge in [0.1, 0.15) is 6.04 Å². The summed E-state index contributed by atoms with van der Waals surface area (Å²) in [6.45, 7) is 3.12. The normalized spacial score (nSPS) is 28.4. The molecule has 4 N–H and O–H groups in total. The van der Waals surface area contributed by atoms with Crippen molar-refractivity contribution in [2.45, 2.75) is 37.4 Å². The van der Waals surface area contributed by atoms with Crippen LogP contribution >= 0.6 is 12.4 Å². The van der Waals surface area contributed by atoms with Crippen LogP contribution in [0.1, 0.15) is 30.9 Å². The number of hydrazine groups is 1. The van der Waals surface area contributed by atoms with Crippen LogP contribution in [0, 0.1) is 5.92 Å². The third-order valence-electron chi connectivity index (χ3n) is 5.76. The van der Waals surface area contributed by atoms with Gasteiger partial charge in [-0.2, -0.15) is 0 Å². The minimum absolute atomic E-state index is 0. The molecule has 1 aromatic rings. The molecule has 0 aliphatic carbocycles. The number of amides is 2. The number of hydrogen-bond acceptors (Lipinski definition) is 5. The van der Waals surface area contributed by atoms with Crippen molar-refractivity contribution in [1.82, 2.24) is 26.4 Å². The van der Waals surface area contributed by atoms with Crippen molar-refractivity contribution in [3.8, 4) is 0 Å². The van der Waals surface area contributed by atoms with E-state index in [2.05, 4.69) is 21.5 Å². The molecule has 27 heavy (non-hydrogen) atoms. The zero-order chi connectivity index (χ0) is 17.9. The van der Waals surface area contributed by atoms with E-state index < -0.39 is 0 Å². The predicted octanol–water partition coefficient (Wildman–Crippen LogP) is 0.343. The summed E-state index contributed by atoms with van der Waals surface area (Å²) in [7, 11) is 0. The Balaban J connectivity index is 0.00000210. The Bertz CT molecular complexity index is 659. The molecule has 3 aliphatic rings. The number of nitrogens with zero attached hydrogens (tertiary/aromatic N) is 1. The summed E-state index contributed by atoms with van der Waals surface area (Å²) >= 11 is 0. The van der Waals surface area contributed by atoms with Crippen molar-refractivity contribution < 1.29 is 9.59 Å². The quantitative estimate of drug-likeness (QED) is 0.580. The first-order valence-electron chi connectivity index (χ1n) is 9.57. The van der Waals surface area contributed by atoms with Gasteiger partial charge in [-0.25, -0.2) is 5.43 Å². The molecule has 4 atom stereocenters. The molecule has 8 heteroatoms. The second-order valence-corrected chi connectivity index (χ2v) is 7.44. The maximum Gasteiger partial charge on any atom is 0.239 e. The fraction of sp³-hybridized carbons (Fsp3) is 0.579. The van der Waals surface area contributed by atoms with Crippen LogP contribution in [0.2, 0.25) is 0 Å². The van der Waals surface area contributed by atoms with E-state index >= 15 is 0 Å². The van der Waals surface area contributed by atoms with Gasteiger partial charge < -0.3 is 15.5 Å². The molecule has 3 fully saturated rings. The molecule has 0 bridgehead atoms. The van der Waals surface area contributed by atoms with Crippen LogP contribution in [0.3, 0.4) is 0 Å². The number of benzene rings is 1. The van der Waals surface area contributed by atoms with Crippen LogP contribution < -0.4 is 21.5 Å². The van der Waals surface area contributed by atoms with E-state index in [1.54, 1.807) is 0 Å². The molecule has 0 radical (unpaired) electrons. The second-order valence-electron chi connectivity index (χ2n) is 7.44. The topological polar surface area (TPSA) is 85.5 Å². The van der Waals surface area contributed by atoms with Gasteiger partial charge >= 0.3 is 0 Å². The number of piperidine rings is 1. The van der Waals surface area contributed by atoms with Crippen molar-refractivity contribution >= 4 is 24.2 Å². The maximum absolute atomic E-state index is 13.0. The molecule has 1 aromatic carbocycles. The highest BCUT2D eigenvalue weighted by Crippen LogP contribution is 2.23. The predicted molar refractivity (Wildman–Crippen MR) is 105 cm³/mol. The highest BCUT2D eigenvalue weighted by molar-refractivity contribution is 5.85. The van der Waals surface area contributed by atoms with Gasteiger partial charge in [0.15, 0.2) is 0 Å². The molecule has 0 aromatic heterocycles. The standard InChI is InChI=1S/C19H27N5O2.ClH/c25-17-7-4-10-24(17)12-16(13-5-2-1-3-6-13)21-19(26)18-14-11-20-9-8-15(14)22-23-18;/h1-3,5-6,14-16,18,20,22-23H,4,7-12H2,(H,21,26);1H. The zero-order valence-corrected chi connectivity index (χ0v) is 16.1. The Kier molecular flexibility index (Phi) is 6.70. The minimum atomic E-state index is -0.256. The lowest BCUT2D eigenvalue weighted by Crippen LogP contribution is -2.51. The van der Waals surface area contributed by atoms with Crippen LogP contribution in [0.4, 0.5) is 0 Å². The maximum atomic E-state index is 13.0. The van der Waals surface area contributed by atoms with E-state index in [9.17, 15) is 9.59 Å². The molecular formula is C19H28ClN5O2. The number of carbonyl (C=O) groups is 2. The van der Waals surface area contributed by atoms with Crippen molar-refractivity contribution in [2.75, 3.05) is 26.2 Å². The highest BCUT2D eigenvalue weighted by Gasteiger charge is 2.41. The number of halogens is 1. The summed E-state index contributed by atoms with van der Waals surface area (Å²) in [4.78, 5) is 26.9. The number of likely N-dealkylation sites (tertiary alicyclic amines) is 1. The lowest BCUT2D eigenvalue weighted by molar-refractivity contribution is -0.129. The van der Waals surface area contributed by atoms with Crippen LogP contribution in [0.15, 0.2) is 30.3 Å². The average molecular weight is 394 g/mol. The van der Waals surface area contributed by atoms with Gasteiger partial charge in [-0.15, -0.1) is 12.4 Å². The largest absolute Gasteiger partial charge is 0.346 e. The Hall–Kier alpha value is -1.67. The van der Waals surface area contributed by atoms with Crippen molar-refractivity contribution in [2.24, 2.45) is 5.92 Å². The Morgan fingerprint density at radius 2 is 2.07 bits per heavy atom. The molecule has 0 spiro atoms. The van der Waals surface area contributed by atoms with Crippen molar-refractivity contribution in [3.05, 3.63) is 35.9 Å². The molecule has 4 rings (SSSR count). The minimum Gasteiger partial charge on any atom is -0.346 e. The summed E-state index contributed by atoms with van der Waals surface area (Å²) in [6.07, 6.45) is 2.53. The first kappa shape index (κ1) is 20.1. The monoisotopic (exact) mass is 393 g/mol. The van der Waals surface area contributed by atoms with E-state index in [0.29, 0.717) is 19.0 Å². The number of carbonyl (C=O) groups excluding carboxylic acids is 2. The van der Waals surface area contributed by atoms with Gasteiger partial charge in [0.2, 0.25) is 11.8 Å². The SMILES string of the molecule is Cl.O=C(NC(CN1CCCC1=O)c1ccccc1)C1NNC2CCNCC21. The van der Waals surface area contributed by atoms with E-state index in [4.69, 9.17) is 0 Å². The summed E-state index contributed by atoms with van der Waals surface area (Å²) < 4.78 is 0. The van der Waals surface area contributed by atoms with Gasteiger partial charge in [-0.05, 0) is 24.9 Å². The Morgan fingerprint density at radius 1 is 1.26 bits per heavy atom. The van der Waals surface area contributed by atoms with E-state index in [1.165, 1.54) is 0 Å². The third kappa shape index (κ3) is 4.43. The number of rotatable bonds is 5. The highest BCUT2D eigenvalue weighted by atomic mass is 35.5. The molecule has 7 nitrogen and oxygen atoms in total. The lowest BCUT2D eigenvalue weighted by Gasteiger charge is -2.30. The van der Waals surface area contributed by atoms with Crippen LogP contribution in [-0.2, 0) is 9.59 Å². The molecule has 0 saturated carbocycles. The summed E-state index contributed by atoms with van der Waals surface area (Å²) in [5, 5.41) is 6.57. The molecule has 148 valence electrons. The first-order valence-corrected chi connectivity index (χ1v) is 9.57. The smallest absolute Gasteiger partial charge is 0.239 e.